The molecule has 2 aromatic carbocycles. The zero-order valence-corrected chi connectivity index (χ0v) is 16.4. The highest BCUT2D eigenvalue weighted by Gasteiger charge is 2.23. The molecule has 1 amide bonds. The summed E-state index contributed by atoms with van der Waals surface area (Å²) >= 11 is 0. The highest BCUT2D eigenvalue weighted by Crippen LogP contribution is 2.24. The van der Waals surface area contributed by atoms with Crippen LogP contribution in [0.4, 0.5) is 5.69 Å². The van der Waals surface area contributed by atoms with Gasteiger partial charge in [-0.05, 0) is 36.2 Å². The second-order valence-corrected chi connectivity index (χ2v) is 7.18. The molecular weight excluding hydrogens is 338 g/mol. The number of hydrogen-bond acceptors (Lipinski definition) is 4. The monoisotopic (exact) mass is 367 g/mol. The van der Waals surface area contributed by atoms with Gasteiger partial charge in [0.15, 0.2) is 0 Å². The summed E-state index contributed by atoms with van der Waals surface area (Å²) in [6.45, 7) is 5.76. The van der Waals surface area contributed by atoms with Gasteiger partial charge in [0, 0.05) is 45.0 Å². The van der Waals surface area contributed by atoms with Crippen LogP contribution in [-0.2, 0) is 4.74 Å². The molecule has 144 valence electrons. The summed E-state index contributed by atoms with van der Waals surface area (Å²) in [5.41, 5.74) is 4.12. The Hall–Kier alpha value is -2.37. The highest BCUT2D eigenvalue weighted by atomic mass is 16.5. The number of nitrogens with zero attached hydrogens (tertiary/aromatic N) is 2. The third kappa shape index (κ3) is 4.87. The molecule has 0 saturated carbocycles. The van der Waals surface area contributed by atoms with Crippen molar-refractivity contribution in [2.75, 3.05) is 51.8 Å². The van der Waals surface area contributed by atoms with E-state index in [0.717, 1.165) is 37.4 Å². The number of nitrogens with one attached hydrogen (secondary N) is 1. The Labute approximate surface area is 161 Å². The first-order valence-electron chi connectivity index (χ1n) is 9.49. The number of rotatable bonds is 6. The summed E-state index contributed by atoms with van der Waals surface area (Å²) in [5, 5.41) is 3.14. The molecule has 5 nitrogen and oxygen atoms in total. The van der Waals surface area contributed by atoms with Crippen LogP contribution in [-0.4, -0.2) is 57.8 Å². The predicted molar refractivity (Wildman–Crippen MR) is 109 cm³/mol. The number of amides is 1. The van der Waals surface area contributed by atoms with E-state index < -0.39 is 0 Å². The number of anilines is 1. The van der Waals surface area contributed by atoms with Gasteiger partial charge in [0.25, 0.3) is 5.91 Å². The van der Waals surface area contributed by atoms with Crippen molar-refractivity contribution in [2.45, 2.75) is 13.0 Å². The summed E-state index contributed by atoms with van der Waals surface area (Å²) in [4.78, 5) is 17.2. The van der Waals surface area contributed by atoms with Crippen molar-refractivity contribution >= 4 is 11.6 Å². The number of carbonyl (C=O) groups excluding carboxylic acids is 1. The molecule has 3 rings (SSSR count). The normalized spacial score (nSPS) is 16.0. The van der Waals surface area contributed by atoms with Gasteiger partial charge in [0.1, 0.15) is 0 Å². The Kier molecular flexibility index (Phi) is 6.48. The Morgan fingerprint density at radius 1 is 1.11 bits per heavy atom. The molecule has 0 bridgehead atoms. The summed E-state index contributed by atoms with van der Waals surface area (Å²) in [6.07, 6.45) is 0. The number of hydrogen-bond donors (Lipinski definition) is 1. The van der Waals surface area contributed by atoms with Gasteiger partial charge in [0.2, 0.25) is 0 Å². The SMILES string of the molecule is Cc1ccccc1C(=O)NC[C@H](c1ccc(N(C)C)cc1)N1CCOCC1. The lowest BCUT2D eigenvalue weighted by Crippen LogP contribution is -2.43. The van der Waals surface area contributed by atoms with Crippen LogP contribution >= 0.6 is 0 Å². The topological polar surface area (TPSA) is 44.8 Å². The Balaban J connectivity index is 1.75. The number of benzene rings is 2. The zero-order valence-electron chi connectivity index (χ0n) is 16.4. The molecule has 0 unspecified atom stereocenters. The largest absolute Gasteiger partial charge is 0.379 e. The van der Waals surface area contributed by atoms with E-state index in [1.165, 1.54) is 11.3 Å². The van der Waals surface area contributed by atoms with Crippen LogP contribution in [0, 0.1) is 6.92 Å². The predicted octanol–water partition coefficient (Wildman–Crippen LogP) is 2.86. The second kappa shape index (κ2) is 9.02. The molecule has 1 heterocycles. The van der Waals surface area contributed by atoms with Gasteiger partial charge in [-0.25, -0.2) is 0 Å². The van der Waals surface area contributed by atoms with E-state index >= 15 is 0 Å². The van der Waals surface area contributed by atoms with E-state index in [-0.39, 0.29) is 11.9 Å². The molecule has 0 spiro atoms. The number of aryl methyl sites for hydroxylation is 1. The van der Waals surface area contributed by atoms with E-state index in [2.05, 4.69) is 39.4 Å². The summed E-state index contributed by atoms with van der Waals surface area (Å²) < 4.78 is 5.51. The van der Waals surface area contributed by atoms with Crippen LogP contribution < -0.4 is 10.2 Å². The number of morpholine rings is 1. The third-order valence-corrected chi connectivity index (χ3v) is 5.13. The van der Waals surface area contributed by atoms with Crippen molar-refractivity contribution in [1.82, 2.24) is 10.2 Å². The molecule has 1 N–H and O–H groups in total. The van der Waals surface area contributed by atoms with Crippen molar-refractivity contribution in [2.24, 2.45) is 0 Å². The summed E-state index contributed by atoms with van der Waals surface area (Å²) in [5.74, 6) is -0.0173. The molecule has 27 heavy (non-hydrogen) atoms. The minimum absolute atomic E-state index is 0.0173. The van der Waals surface area contributed by atoms with Gasteiger partial charge in [-0.1, -0.05) is 30.3 Å². The quantitative estimate of drug-likeness (QED) is 0.853. The van der Waals surface area contributed by atoms with E-state index in [9.17, 15) is 4.79 Å². The molecule has 1 atom stereocenters. The highest BCUT2D eigenvalue weighted by molar-refractivity contribution is 5.95. The molecule has 1 fully saturated rings. The smallest absolute Gasteiger partial charge is 0.251 e. The van der Waals surface area contributed by atoms with Crippen molar-refractivity contribution in [3.05, 3.63) is 65.2 Å². The molecule has 2 aromatic rings. The Bertz CT molecular complexity index is 752. The van der Waals surface area contributed by atoms with Crippen LogP contribution in [0.15, 0.2) is 48.5 Å². The molecule has 1 saturated heterocycles. The molecule has 5 heteroatoms. The van der Waals surface area contributed by atoms with Crippen molar-refractivity contribution in [3.63, 3.8) is 0 Å². The Morgan fingerprint density at radius 3 is 2.41 bits per heavy atom. The van der Waals surface area contributed by atoms with Crippen LogP contribution in [0.1, 0.15) is 27.5 Å². The lowest BCUT2D eigenvalue weighted by atomic mass is 10.0. The van der Waals surface area contributed by atoms with Crippen molar-refractivity contribution in [1.29, 1.82) is 0 Å². The molecule has 0 aliphatic carbocycles. The van der Waals surface area contributed by atoms with Gasteiger partial charge in [-0.2, -0.15) is 0 Å². The fourth-order valence-electron chi connectivity index (χ4n) is 3.45. The van der Waals surface area contributed by atoms with Crippen LogP contribution in [0.25, 0.3) is 0 Å². The number of ether oxygens (including phenoxy) is 1. The average molecular weight is 367 g/mol. The maximum atomic E-state index is 12.7. The van der Waals surface area contributed by atoms with E-state index in [1.54, 1.807) is 0 Å². The van der Waals surface area contributed by atoms with Crippen molar-refractivity contribution in [3.8, 4) is 0 Å². The average Bonchev–Trinajstić information content (AvgIpc) is 2.69. The van der Waals surface area contributed by atoms with E-state index in [0.29, 0.717) is 6.54 Å². The number of carbonyl (C=O) groups is 1. The van der Waals surface area contributed by atoms with Gasteiger partial charge in [0.05, 0.1) is 19.3 Å². The first kappa shape index (κ1) is 19.4. The van der Waals surface area contributed by atoms with E-state index in [1.807, 2.05) is 45.3 Å². The minimum Gasteiger partial charge on any atom is -0.379 e. The standard InChI is InChI=1S/C22H29N3O2/c1-17-6-4-5-7-20(17)22(26)23-16-21(25-12-14-27-15-13-25)18-8-10-19(11-9-18)24(2)3/h4-11,21H,12-16H2,1-3H3,(H,23,26)/t21-/m1/s1. The fourth-order valence-corrected chi connectivity index (χ4v) is 3.45. The molecule has 1 aliphatic rings. The van der Waals surface area contributed by atoms with Gasteiger partial charge in [-0.3, -0.25) is 9.69 Å². The molecule has 1 aliphatic heterocycles. The zero-order chi connectivity index (χ0) is 19.2. The maximum Gasteiger partial charge on any atom is 0.251 e. The lowest BCUT2D eigenvalue weighted by molar-refractivity contribution is 0.0162. The van der Waals surface area contributed by atoms with Crippen molar-refractivity contribution < 1.29 is 9.53 Å². The van der Waals surface area contributed by atoms with Crippen LogP contribution in [0.3, 0.4) is 0 Å². The summed E-state index contributed by atoms with van der Waals surface area (Å²) in [6, 6.07) is 16.4. The maximum absolute atomic E-state index is 12.7. The molecule has 0 radical (unpaired) electrons. The summed E-state index contributed by atoms with van der Waals surface area (Å²) in [7, 11) is 4.08. The van der Waals surface area contributed by atoms with Gasteiger partial charge < -0.3 is 15.0 Å². The molecule has 0 aromatic heterocycles. The van der Waals surface area contributed by atoms with E-state index in [4.69, 9.17) is 4.74 Å². The first-order chi connectivity index (χ1) is 13.1. The second-order valence-electron chi connectivity index (χ2n) is 7.18. The third-order valence-electron chi connectivity index (χ3n) is 5.13. The van der Waals surface area contributed by atoms with Gasteiger partial charge in [-0.15, -0.1) is 0 Å². The van der Waals surface area contributed by atoms with Crippen LogP contribution in [0.5, 0.6) is 0 Å². The molecular formula is C22H29N3O2. The fraction of sp³-hybridized carbons (Fsp3) is 0.409. The minimum atomic E-state index is -0.0173. The van der Waals surface area contributed by atoms with Crippen LogP contribution in [0.2, 0.25) is 0 Å². The van der Waals surface area contributed by atoms with Gasteiger partial charge >= 0.3 is 0 Å². The Morgan fingerprint density at radius 2 is 1.78 bits per heavy atom. The lowest BCUT2D eigenvalue weighted by Gasteiger charge is -2.35. The first-order valence-corrected chi connectivity index (χ1v) is 9.49.